The SMILES string of the molecule is CCC(C)C1=CCC(C)S1. The van der Waals surface area contributed by atoms with E-state index in [0.717, 1.165) is 11.2 Å². The van der Waals surface area contributed by atoms with Crippen LogP contribution in [0.4, 0.5) is 0 Å². The molecule has 0 spiro atoms. The molecule has 0 nitrogen and oxygen atoms in total. The molecular formula is C9H16S. The maximum Gasteiger partial charge on any atom is 0.00977 e. The molecule has 0 saturated carbocycles. The van der Waals surface area contributed by atoms with Crippen molar-refractivity contribution in [3.05, 3.63) is 11.0 Å². The monoisotopic (exact) mass is 156 g/mol. The maximum atomic E-state index is 2.41. The zero-order valence-corrected chi connectivity index (χ0v) is 7.87. The van der Waals surface area contributed by atoms with Gasteiger partial charge in [-0.25, -0.2) is 0 Å². The highest BCUT2D eigenvalue weighted by atomic mass is 32.2. The third-order valence-corrected chi connectivity index (χ3v) is 3.52. The van der Waals surface area contributed by atoms with Gasteiger partial charge in [-0.05, 0) is 23.7 Å². The van der Waals surface area contributed by atoms with Crippen molar-refractivity contribution in [1.82, 2.24) is 0 Å². The van der Waals surface area contributed by atoms with Gasteiger partial charge in [0, 0.05) is 5.25 Å². The van der Waals surface area contributed by atoms with Crippen LogP contribution in [-0.4, -0.2) is 5.25 Å². The van der Waals surface area contributed by atoms with Gasteiger partial charge in [0.15, 0.2) is 0 Å². The lowest BCUT2D eigenvalue weighted by Gasteiger charge is -2.09. The molecule has 2 atom stereocenters. The van der Waals surface area contributed by atoms with Crippen LogP contribution in [0.2, 0.25) is 0 Å². The highest BCUT2D eigenvalue weighted by Crippen LogP contribution is 2.37. The maximum absolute atomic E-state index is 2.41. The second kappa shape index (κ2) is 3.47. The summed E-state index contributed by atoms with van der Waals surface area (Å²) in [6.45, 7) is 6.88. The van der Waals surface area contributed by atoms with Crippen molar-refractivity contribution in [3.8, 4) is 0 Å². The van der Waals surface area contributed by atoms with Crippen molar-refractivity contribution in [3.63, 3.8) is 0 Å². The minimum absolute atomic E-state index is 0.801. The van der Waals surface area contributed by atoms with Gasteiger partial charge in [-0.1, -0.05) is 26.8 Å². The molecule has 0 amide bonds. The summed E-state index contributed by atoms with van der Waals surface area (Å²) in [4.78, 5) is 1.62. The van der Waals surface area contributed by atoms with E-state index in [1.165, 1.54) is 12.8 Å². The second-order valence-corrected chi connectivity index (χ2v) is 4.59. The number of allylic oxidation sites excluding steroid dienone is 2. The molecule has 0 aromatic heterocycles. The van der Waals surface area contributed by atoms with E-state index < -0.39 is 0 Å². The Morgan fingerprint density at radius 2 is 2.50 bits per heavy atom. The fraction of sp³-hybridized carbons (Fsp3) is 0.778. The van der Waals surface area contributed by atoms with Crippen molar-refractivity contribution < 1.29 is 0 Å². The number of thioether (sulfide) groups is 1. The number of hydrogen-bond donors (Lipinski definition) is 0. The van der Waals surface area contributed by atoms with Gasteiger partial charge < -0.3 is 0 Å². The largest absolute Gasteiger partial charge is 0.127 e. The summed E-state index contributed by atoms with van der Waals surface area (Å²) in [5, 5.41) is 0.837. The quantitative estimate of drug-likeness (QED) is 0.590. The molecule has 58 valence electrons. The smallest absolute Gasteiger partial charge is 0.00977 e. The Hall–Kier alpha value is 0.0900. The molecule has 0 aromatic rings. The standard InChI is InChI=1S/C9H16S/c1-4-7(2)9-6-5-8(3)10-9/h6-8H,4-5H2,1-3H3. The molecule has 1 aliphatic rings. The molecule has 0 aromatic carbocycles. The third-order valence-electron chi connectivity index (χ3n) is 2.09. The van der Waals surface area contributed by atoms with Gasteiger partial charge in [-0.3, -0.25) is 0 Å². The van der Waals surface area contributed by atoms with Gasteiger partial charge in [-0.2, -0.15) is 0 Å². The molecule has 2 unspecified atom stereocenters. The topological polar surface area (TPSA) is 0 Å². The first kappa shape index (κ1) is 8.19. The highest BCUT2D eigenvalue weighted by Gasteiger charge is 2.16. The average Bonchev–Trinajstić information content (AvgIpc) is 2.34. The van der Waals surface area contributed by atoms with Crippen molar-refractivity contribution in [2.24, 2.45) is 5.92 Å². The Bertz CT molecular complexity index is 138. The van der Waals surface area contributed by atoms with Gasteiger partial charge in [-0.15, -0.1) is 11.8 Å². The Morgan fingerprint density at radius 1 is 1.80 bits per heavy atom. The zero-order chi connectivity index (χ0) is 7.56. The van der Waals surface area contributed by atoms with Gasteiger partial charge >= 0.3 is 0 Å². The van der Waals surface area contributed by atoms with Crippen molar-refractivity contribution in [2.75, 3.05) is 0 Å². The van der Waals surface area contributed by atoms with Crippen LogP contribution in [0.25, 0.3) is 0 Å². The molecule has 1 rings (SSSR count). The first-order valence-electron chi connectivity index (χ1n) is 4.10. The molecule has 10 heavy (non-hydrogen) atoms. The fourth-order valence-electron chi connectivity index (χ4n) is 1.13. The summed E-state index contributed by atoms with van der Waals surface area (Å²) in [6.07, 6.45) is 4.97. The van der Waals surface area contributed by atoms with Crippen LogP contribution < -0.4 is 0 Å². The van der Waals surface area contributed by atoms with Crippen LogP contribution in [0.5, 0.6) is 0 Å². The molecular weight excluding hydrogens is 140 g/mol. The molecule has 1 aliphatic heterocycles. The minimum Gasteiger partial charge on any atom is -0.127 e. The van der Waals surface area contributed by atoms with E-state index in [1.807, 2.05) is 0 Å². The van der Waals surface area contributed by atoms with Crippen molar-refractivity contribution in [2.45, 2.75) is 38.9 Å². The van der Waals surface area contributed by atoms with E-state index in [1.54, 1.807) is 4.91 Å². The summed E-state index contributed by atoms with van der Waals surface area (Å²) in [5.41, 5.74) is 0. The van der Waals surface area contributed by atoms with Crippen LogP contribution in [0.15, 0.2) is 11.0 Å². The van der Waals surface area contributed by atoms with E-state index in [9.17, 15) is 0 Å². The van der Waals surface area contributed by atoms with E-state index in [0.29, 0.717) is 0 Å². The summed E-state index contributed by atoms with van der Waals surface area (Å²) in [5.74, 6) is 0.801. The lowest BCUT2D eigenvalue weighted by atomic mass is 10.1. The van der Waals surface area contributed by atoms with E-state index in [4.69, 9.17) is 0 Å². The van der Waals surface area contributed by atoms with Crippen LogP contribution in [-0.2, 0) is 0 Å². The Morgan fingerprint density at radius 3 is 2.90 bits per heavy atom. The predicted molar refractivity (Wildman–Crippen MR) is 49.2 cm³/mol. The first-order chi connectivity index (χ1) is 4.74. The summed E-state index contributed by atoms with van der Waals surface area (Å²) >= 11 is 2.06. The first-order valence-corrected chi connectivity index (χ1v) is 4.98. The van der Waals surface area contributed by atoms with Crippen LogP contribution in [0, 0.1) is 5.92 Å². The Balaban J connectivity index is 2.43. The molecule has 0 fully saturated rings. The summed E-state index contributed by atoms with van der Waals surface area (Å²) in [6, 6.07) is 0. The summed E-state index contributed by atoms with van der Waals surface area (Å²) in [7, 11) is 0. The van der Waals surface area contributed by atoms with E-state index >= 15 is 0 Å². The van der Waals surface area contributed by atoms with Crippen LogP contribution >= 0.6 is 11.8 Å². The molecule has 0 saturated heterocycles. The summed E-state index contributed by atoms with van der Waals surface area (Å²) < 4.78 is 0. The lowest BCUT2D eigenvalue weighted by molar-refractivity contribution is 0.687. The van der Waals surface area contributed by atoms with Gasteiger partial charge in [0.25, 0.3) is 0 Å². The predicted octanol–water partition coefficient (Wildman–Crippen LogP) is 3.44. The fourth-order valence-corrected chi connectivity index (χ4v) is 2.38. The number of rotatable bonds is 2. The highest BCUT2D eigenvalue weighted by molar-refractivity contribution is 8.03. The van der Waals surface area contributed by atoms with Crippen molar-refractivity contribution in [1.29, 1.82) is 0 Å². The lowest BCUT2D eigenvalue weighted by Crippen LogP contribution is -1.92. The molecule has 0 aliphatic carbocycles. The molecule has 0 N–H and O–H groups in total. The average molecular weight is 156 g/mol. The van der Waals surface area contributed by atoms with E-state index in [2.05, 4.69) is 38.6 Å². The van der Waals surface area contributed by atoms with Crippen molar-refractivity contribution >= 4 is 11.8 Å². The normalized spacial score (nSPS) is 28.3. The Kier molecular flexibility index (Phi) is 2.84. The van der Waals surface area contributed by atoms with Crippen LogP contribution in [0.3, 0.4) is 0 Å². The molecule has 0 bridgehead atoms. The third kappa shape index (κ3) is 1.79. The van der Waals surface area contributed by atoms with E-state index in [-0.39, 0.29) is 0 Å². The number of hydrogen-bond acceptors (Lipinski definition) is 1. The Labute approximate surface area is 68.1 Å². The van der Waals surface area contributed by atoms with Gasteiger partial charge in [0.05, 0.1) is 0 Å². The molecule has 1 heteroatoms. The van der Waals surface area contributed by atoms with Gasteiger partial charge in [0.1, 0.15) is 0 Å². The zero-order valence-electron chi connectivity index (χ0n) is 7.05. The molecule has 1 heterocycles. The van der Waals surface area contributed by atoms with Crippen LogP contribution in [0.1, 0.15) is 33.6 Å². The van der Waals surface area contributed by atoms with Gasteiger partial charge in [0.2, 0.25) is 0 Å². The minimum atomic E-state index is 0.801. The second-order valence-electron chi connectivity index (χ2n) is 3.08. The molecule has 0 radical (unpaired) electrons.